The predicted octanol–water partition coefficient (Wildman–Crippen LogP) is 0.104. The van der Waals surface area contributed by atoms with E-state index in [9.17, 15) is 0 Å². The Labute approximate surface area is 49.7 Å². The lowest BCUT2D eigenvalue weighted by molar-refractivity contribution is 0.0337. The Hall–Kier alpha value is -0.0800. The molecule has 0 radical (unpaired) electrons. The highest BCUT2D eigenvalue weighted by atomic mass is 16.3. The molecule has 2 nitrogen and oxygen atoms in total. The second-order valence-corrected chi connectivity index (χ2v) is 2.74. The highest BCUT2D eigenvalue weighted by Crippen LogP contribution is 2.28. The molecule has 0 heterocycles. The van der Waals surface area contributed by atoms with Gasteiger partial charge in [0.15, 0.2) is 0 Å². The van der Waals surface area contributed by atoms with Crippen LogP contribution in [0.25, 0.3) is 0 Å². The van der Waals surface area contributed by atoms with Crippen LogP contribution >= 0.6 is 0 Å². The van der Waals surface area contributed by atoms with Crippen molar-refractivity contribution >= 4 is 0 Å². The molecule has 0 bridgehead atoms. The summed E-state index contributed by atoms with van der Waals surface area (Å²) in [4.78, 5) is 0. The van der Waals surface area contributed by atoms with Crippen molar-refractivity contribution in [1.29, 1.82) is 0 Å². The third-order valence-electron chi connectivity index (χ3n) is 1.89. The van der Waals surface area contributed by atoms with Gasteiger partial charge in [-0.1, -0.05) is 0 Å². The molecule has 1 aliphatic rings. The molecule has 0 aromatic heterocycles. The molecule has 0 aromatic rings. The Morgan fingerprint density at radius 1 is 1.62 bits per heavy atom. The fraction of sp³-hybridized carbons (Fsp3) is 1.00. The van der Waals surface area contributed by atoms with Crippen molar-refractivity contribution in [2.24, 2.45) is 11.7 Å². The van der Waals surface area contributed by atoms with Gasteiger partial charge < -0.3 is 10.8 Å². The molecule has 0 saturated heterocycles. The first-order valence-electron chi connectivity index (χ1n) is 3.14. The molecule has 0 aromatic carbocycles. The monoisotopic (exact) mass is 115 g/mol. The normalized spacial score (nSPS) is 40.9. The number of aliphatic hydroxyl groups is 1. The Bertz CT molecular complexity index is 76.6. The van der Waals surface area contributed by atoms with Crippen LogP contribution in [0.1, 0.15) is 19.8 Å². The maximum atomic E-state index is 8.81. The zero-order valence-corrected chi connectivity index (χ0v) is 5.17. The topological polar surface area (TPSA) is 46.2 Å². The van der Waals surface area contributed by atoms with Gasteiger partial charge in [-0.25, -0.2) is 0 Å². The number of hydrogen-bond acceptors (Lipinski definition) is 2. The third-order valence-corrected chi connectivity index (χ3v) is 1.89. The SMILES string of the molecule is C[C@H](N)C1CC(O)C1. The van der Waals surface area contributed by atoms with Gasteiger partial charge in [0, 0.05) is 6.04 Å². The molecule has 0 unspecified atom stereocenters. The zero-order valence-electron chi connectivity index (χ0n) is 5.17. The minimum Gasteiger partial charge on any atom is -0.393 e. The van der Waals surface area contributed by atoms with Gasteiger partial charge >= 0.3 is 0 Å². The summed E-state index contributed by atoms with van der Waals surface area (Å²) in [6, 6.07) is 0.276. The second-order valence-electron chi connectivity index (χ2n) is 2.74. The fourth-order valence-electron chi connectivity index (χ4n) is 1.06. The van der Waals surface area contributed by atoms with Crippen LogP contribution in [-0.4, -0.2) is 17.3 Å². The average molecular weight is 115 g/mol. The van der Waals surface area contributed by atoms with Crippen LogP contribution in [0, 0.1) is 5.92 Å². The molecular formula is C6H13NO. The molecule has 48 valence electrons. The van der Waals surface area contributed by atoms with Crippen molar-refractivity contribution in [3.05, 3.63) is 0 Å². The number of nitrogens with two attached hydrogens (primary N) is 1. The van der Waals surface area contributed by atoms with Crippen LogP contribution in [0.15, 0.2) is 0 Å². The first kappa shape index (κ1) is 6.05. The maximum absolute atomic E-state index is 8.81. The highest BCUT2D eigenvalue weighted by molar-refractivity contribution is 4.83. The summed E-state index contributed by atoms with van der Waals surface area (Å²) in [5, 5.41) is 8.81. The molecule has 1 aliphatic carbocycles. The second kappa shape index (κ2) is 2.03. The Kier molecular flexibility index (Phi) is 1.54. The number of rotatable bonds is 1. The van der Waals surface area contributed by atoms with Gasteiger partial charge in [0.2, 0.25) is 0 Å². The molecule has 0 aliphatic heterocycles. The van der Waals surface area contributed by atoms with E-state index in [-0.39, 0.29) is 12.1 Å². The molecule has 1 atom stereocenters. The van der Waals surface area contributed by atoms with E-state index in [0.717, 1.165) is 12.8 Å². The fourth-order valence-corrected chi connectivity index (χ4v) is 1.06. The van der Waals surface area contributed by atoms with Crippen LogP contribution < -0.4 is 5.73 Å². The summed E-state index contributed by atoms with van der Waals surface area (Å²) in [5.74, 6) is 0.588. The van der Waals surface area contributed by atoms with Crippen LogP contribution in [0.2, 0.25) is 0 Å². The van der Waals surface area contributed by atoms with E-state index in [1.54, 1.807) is 0 Å². The highest BCUT2D eigenvalue weighted by Gasteiger charge is 2.29. The molecular weight excluding hydrogens is 102 g/mol. The van der Waals surface area contributed by atoms with Gasteiger partial charge in [0.1, 0.15) is 0 Å². The lowest BCUT2D eigenvalue weighted by Crippen LogP contribution is -2.39. The van der Waals surface area contributed by atoms with Gasteiger partial charge in [-0.05, 0) is 25.7 Å². The molecule has 8 heavy (non-hydrogen) atoms. The first-order chi connectivity index (χ1) is 3.70. The van der Waals surface area contributed by atoms with E-state index in [1.165, 1.54) is 0 Å². The maximum Gasteiger partial charge on any atom is 0.0546 e. The van der Waals surface area contributed by atoms with Crippen molar-refractivity contribution in [1.82, 2.24) is 0 Å². The molecule has 0 amide bonds. The molecule has 3 N–H and O–H groups in total. The summed E-state index contributed by atoms with van der Waals surface area (Å²) in [5.41, 5.74) is 5.55. The van der Waals surface area contributed by atoms with Crippen molar-refractivity contribution < 1.29 is 5.11 Å². The van der Waals surface area contributed by atoms with Crippen LogP contribution in [0.3, 0.4) is 0 Å². The predicted molar refractivity (Wildman–Crippen MR) is 32.4 cm³/mol. The smallest absolute Gasteiger partial charge is 0.0546 e. The Morgan fingerprint density at radius 2 is 2.12 bits per heavy atom. The Morgan fingerprint density at radius 3 is 2.25 bits per heavy atom. The van der Waals surface area contributed by atoms with E-state index < -0.39 is 0 Å². The lowest BCUT2D eigenvalue weighted by atomic mass is 9.78. The number of aliphatic hydroxyl groups excluding tert-OH is 1. The van der Waals surface area contributed by atoms with Gasteiger partial charge in [-0.2, -0.15) is 0 Å². The average Bonchev–Trinajstić information content (AvgIpc) is 1.57. The summed E-state index contributed by atoms with van der Waals surface area (Å²) in [6.07, 6.45) is 1.78. The van der Waals surface area contributed by atoms with Gasteiger partial charge in [0.05, 0.1) is 6.10 Å². The van der Waals surface area contributed by atoms with E-state index in [1.807, 2.05) is 6.92 Å². The van der Waals surface area contributed by atoms with Crippen molar-refractivity contribution in [3.63, 3.8) is 0 Å². The molecule has 1 rings (SSSR count). The van der Waals surface area contributed by atoms with Crippen LogP contribution in [0.4, 0.5) is 0 Å². The zero-order chi connectivity index (χ0) is 6.15. The summed E-state index contributed by atoms with van der Waals surface area (Å²) in [7, 11) is 0. The molecule has 1 fully saturated rings. The van der Waals surface area contributed by atoms with Crippen LogP contribution in [0.5, 0.6) is 0 Å². The summed E-state index contributed by atoms with van der Waals surface area (Å²) >= 11 is 0. The molecule has 0 spiro atoms. The summed E-state index contributed by atoms with van der Waals surface area (Å²) in [6.45, 7) is 2.00. The van der Waals surface area contributed by atoms with E-state index in [0.29, 0.717) is 5.92 Å². The van der Waals surface area contributed by atoms with Crippen molar-refractivity contribution in [3.8, 4) is 0 Å². The largest absolute Gasteiger partial charge is 0.393 e. The summed E-state index contributed by atoms with van der Waals surface area (Å²) < 4.78 is 0. The molecule has 1 saturated carbocycles. The van der Waals surface area contributed by atoms with Crippen molar-refractivity contribution in [2.45, 2.75) is 31.9 Å². The number of hydrogen-bond donors (Lipinski definition) is 2. The van der Waals surface area contributed by atoms with E-state index >= 15 is 0 Å². The third kappa shape index (κ3) is 1.01. The first-order valence-corrected chi connectivity index (χ1v) is 3.14. The van der Waals surface area contributed by atoms with E-state index in [2.05, 4.69) is 0 Å². The van der Waals surface area contributed by atoms with Crippen LogP contribution in [-0.2, 0) is 0 Å². The molecule has 2 heteroatoms. The minimum atomic E-state index is -0.0500. The quantitative estimate of drug-likeness (QED) is 0.509. The van der Waals surface area contributed by atoms with E-state index in [4.69, 9.17) is 10.8 Å². The standard InChI is InChI=1S/C6H13NO/c1-4(7)5-2-6(8)3-5/h4-6,8H,2-3,7H2,1H3/t4-,5?,6?/m0/s1. The van der Waals surface area contributed by atoms with Gasteiger partial charge in [-0.15, -0.1) is 0 Å². The van der Waals surface area contributed by atoms with Crippen molar-refractivity contribution in [2.75, 3.05) is 0 Å². The lowest BCUT2D eigenvalue weighted by Gasteiger charge is -2.33. The van der Waals surface area contributed by atoms with Gasteiger partial charge in [0.25, 0.3) is 0 Å². The Balaban J connectivity index is 2.15. The minimum absolute atomic E-state index is 0.0500. The van der Waals surface area contributed by atoms with Gasteiger partial charge in [-0.3, -0.25) is 0 Å².